The van der Waals surface area contributed by atoms with Gasteiger partial charge in [-0.3, -0.25) is 9.78 Å². The number of pyridine rings is 2. The normalized spacial score (nSPS) is 15.7. The molecule has 0 unspecified atom stereocenters. The number of aromatic nitrogens is 4. The minimum atomic E-state index is -0.510. The molecule has 8 heteroatoms. The summed E-state index contributed by atoms with van der Waals surface area (Å²) in [4.78, 5) is 32.6. The number of fused-ring (bicyclic) bond motifs is 1. The highest BCUT2D eigenvalue weighted by Gasteiger charge is 2.31. The van der Waals surface area contributed by atoms with Gasteiger partial charge in [0.25, 0.3) is 0 Å². The summed E-state index contributed by atoms with van der Waals surface area (Å²) in [5, 5.41) is 7.33. The zero-order chi connectivity index (χ0) is 18.8. The average molecular weight is 363 g/mol. The van der Waals surface area contributed by atoms with Gasteiger partial charge in [0.15, 0.2) is 0 Å². The van der Waals surface area contributed by atoms with Crippen molar-refractivity contribution in [2.24, 2.45) is 0 Å². The topological polar surface area (TPSA) is 99.0 Å². The van der Waals surface area contributed by atoms with Crippen LogP contribution in [0.1, 0.15) is 39.6 Å². The molecule has 0 aromatic carbocycles. The minimum Gasteiger partial charge on any atom is -0.464 e. The predicted molar refractivity (Wildman–Crippen MR) is 96.2 cm³/mol. The van der Waals surface area contributed by atoms with Gasteiger partial charge in [-0.1, -0.05) is 12.1 Å². The summed E-state index contributed by atoms with van der Waals surface area (Å²) in [7, 11) is 1.31. The van der Waals surface area contributed by atoms with E-state index < -0.39 is 5.97 Å². The molecule has 3 aromatic rings. The lowest BCUT2D eigenvalue weighted by Crippen LogP contribution is -2.25. The molecular weight excluding hydrogens is 346 g/mol. The molecule has 0 radical (unpaired) electrons. The van der Waals surface area contributed by atoms with E-state index >= 15 is 0 Å². The highest BCUT2D eigenvalue weighted by Crippen LogP contribution is 2.36. The molecule has 1 N–H and O–H groups in total. The Morgan fingerprint density at radius 2 is 2.19 bits per heavy atom. The molecule has 8 nitrogen and oxygen atoms in total. The molecule has 3 aromatic heterocycles. The van der Waals surface area contributed by atoms with Crippen molar-refractivity contribution in [3.63, 3.8) is 0 Å². The van der Waals surface area contributed by atoms with E-state index in [1.54, 1.807) is 41.5 Å². The lowest BCUT2D eigenvalue weighted by Gasteiger charge is -2.23. The van der Waals surface area contributed by atoms with Gasteiger partial charge < -0.3 is 10.1 Å². The molecule has 0 saturated carbocycles. The van der Waals surface area contributed by atoms with Crippen LogP contribution in [0.5, 0.6) is 0 Å². The van der Waals surface area contributed by atoms with Crippen LogP contribution in [0.3, 0.4) is 0 Å². The smallest absolute Gasteiger partial charge is 0.356 e. The summed E-state index contributed by atoms with van der Waals surface area (Å²) in [6.45, 7) is 0.492. The van der Waals surface area contributed by atoms with Crippen molar-refractivity contribution >= 4 is 17.7 Å². The van der Waals surface area contributed by atoms with E-state index in [4.69, 9.17) is 4.74 Å². The second-order valence-corrected chi connectivity index (χ2v) is 6.21. The first-order chi connectivity index (χ1) is 13.2. The van der Waals surface area contributed by atoms with Gasteiger partial charge in [-0.2, -0.15) is 5.10 Å². The monoisotopic (exact) mass is 363 g/mol. The zero-order valence-electron chi connectivity index (χ0n) is 14.6. The number of nitrogens with one attached hydrogen (secondary N) is 1. The van der Waals surface area contributed by atoms with E-state index in [2.05, 4.69) is 20.4 Å². The highest BCUT2D eigenvalue weighted by molar-refractivity contribution is 5.94. The number of ether oxygens (including phenoxy) is 1. The largest absolute Gasteiger partial charge is 0.464 e. The molecule has 0 spiro atoms. The van der Waals surface area contributed by atoms with E-state index in [-0.39, 0.29) is 23.9 Å². The third-order valence-electron chi connectivity index (χ3n) is 4.47. The molecule has 1 atom stereocenters. The van der Waals surface area contributed by atoms with Gasteiger partial charge in [0, 0.05) is 36.0 Å². The Morgan fingerprint density at radius 3 is 2.96 bits per heavy atom. The Bertz CT molecular complexity index is 1000. The number of carbonyl (C=O) groups is 2. The molecule has 4 rings (SSSR count). The molecule has 27 heavy (non-hydrogen) atoms. The summed E-state index contributed by atoms with van der Waals surface area (Å²) in [6.07, 6.45) is 5.45. The van der Waals surface area contributed by atoms with Crippen LogP contribution in [-0.4, -0.2) is 38.7 Å². The number of hydrogen-bond donors (Lipinski definition) is 1. The Kier molecular flexibility index (Phi) is 4.37. The number of carbonyl (C=O) groups excluding carboxylic acids is 2. The Hall–Kier alpha value is -3.55. The van der Waals surface area contributed by atoms with E-state index in [0.717, 1.165) is 11.1 Å². The number of esters is 1. The van der Waals surface area contributed by atoms with Crippen LogP contribution in [0.2, 0.25) is 0 Å². The molecule has 0 fully saturated rings. The molecule has 0 aliphatic carbocycles. The summed E-state index contributed by atoms with van der Waals surface area (Å²) in [6, 6.07) is 8.93. The molecule has 1 aliphatic heterocycles. The van der Waals surface area contributed by atoms with Gasteiger partial charge in [0.1, 0.15) is 11.5 Å². The fourth-order valence-corrected chi connectivity index (χ4v) is 3.18. The molecule has 1 amide bonds. The maximum atomic E-state index is 12.3. The van der Waals surface area contributed by atoms with Crippen LogP contribution >= 0.6 is 0 Å². The van der Waals surface area contributed by atoms with E-state index in [1.807, 2.05) is 12.1 Å². The van der Waals surface area contributed by atoms with Gasteiger partial charge in [-0.25, -0.2) is 14.5 Å². The summed E-state index contributed by atoms with van der Waals surface area (Å²) in [5.41, 5.74) is 2.69. The maximum Gasteiger partial charge on any atom is 0.356 e. The first-order valence-electron chi connectivity index (χ1n) is 8.45. The Labute approximate surface area is 155 Å². The van der Waals surface area contributed by atoms with Gasteiger partial charge in [0.2, 0.25) is 5.91 Å². The van der Waals surface area contributed by atoms with Gasteiger partial charge >= 0.3 is 5.97 Å². The zero-order valence-corrected chi connectivity index (χ0v) is 14.6. The molecule has 4 heterocycles. The summed E-state index contributed by atoms with van der Waals surface area (Å²) in [5.74, 6) is -0.262. The van der Waals surface area contributed by atoms with E-state index in [0.29, 0.717) is 18.1 Å². The third-order valence-corrected chi connectivity index (χ3v) is 4.47. The number of anilines is 1. The third kappa shape index (κ3) is 3.29. The van der Waals surface area contributed by atoms with Crippen molar-refractivity contribution in [2.75, 3.05) is 12.4 Å². The number of nitrogens with zero attached hydrogens (tertiary/aromatic N) is 4. The Morgan fingerprint density at radius 1 is 1.30 bits per heavy atom. The number of rotatable bonds is 4. The molecular formula is C19H17N5O3. The van der Waals surface area contributed by atoms with Crippen molar-refractivity contribution < 1.29 is 14.3 Å². The molecule has 0 bridgehead atoms. The quantitative estimate of drug-likeness (QED) is 0.712. The van der Waals surface area contributed by atoms with E-state index in [9.17, 15) is 9.59 Å². The molecule has 0 saturated heterocycles. The fraction of sp³-hybridized carbons (Fsp3) is 0.211. The van der Waals surface area contributed by atoms with E-state index in [1.165, 1.54) is 7.11 Å². The van der Waals surface area contributed by atoms with Crippen molar-refractivity contribution in [3.05, 3.63) is 71.4 Å². The van der Waals surface area contributed by atoms with Crippen molar-refractivity contribution in [1.29, 1.82) is 0 Å². The average Bonchev–Trinajstić information content (AvgIpc) is 3.10. The first kappa shape index (κ1) is 16.9. The van der Waals surface area contributed by atoms with Crippen molar-refractivity contribution in [2.45, 2.75) is 18.9 Å². The van der Waals surface area contributed by atoms with Crippen molar-refractivity contribution in [1.82, 2.24) is 19.7 Å². The van der Waals surface area contributed by atoms with Gasteiger partial charge in [0.05, 0.1) is 19.9 Å². The van der Waals surface area contributed by atoms with Crippen LogP contribution < -0.4 is 5.32 Å². The number of hydrogen-bond acceptors (Lipinski definition) is 6. The molecule has 1 aliphatic rings. The second kappa shape index (κ2) is 6.99. The van der Waals surface area contributed by atoms with Crippen LogP contribution in [0, 0.1) is 0 Å². The highest BCUT2D eigenvalue weighted by atomic mass is 16.5. The standard InChI is InChI=1S/C19H17N5O3/c1-27-19(26)16-6-2-5-15(22-16)13-8-17(25)23-18-14(13)10-21-24(18)11-12-4-3-7-20-9-12/h2-7,9-10,13H,8,11H2,1H3,(H,23,25)/t13-/m1/s1. The van der Waals surface area contributed by atoms with Crippen LogP contribution in [0.4, 0.5) is 5.82 Å². The van der Waals surface area contributed by atoms with Crippen molar-refractivity contribution in [3.8, 4) is 0 Å². The van der Waals surface area contributed by atoms with Crippen LogP contribution in [0.15, 0.2) is 48.9 Å². The summed E-state index contributed by atoms with van der Waals surface area (Å²) >= 11 is 0. The lowest BCUT2D eigenvalue weighted by atomic mass is 9.90. The van der Waals surface area contributed by atoms with Crippen LogP contribution in [-0.2, 0) is 16.1 Å². The maximum absolute atomic E-state index is 12.3. The Balaban J connectivity index is 1.70. The van der Waals surface area contributed by atoms with Gasteiger partial charge in [-0.15, -0.1) is 0 Å². The molecule has 136 valence electrons. The van der Waals surface area contributed by atoms with Gasteiger partial charge in [-0.05, 0) is 23.8 Å². The predicted octanol–water partition coefficient (Wildman–Crippen LogP) is 1.98. The van der Waals surface area contributed by atoms with Crippen LogP contribution in [0.25, 0.3) is 0 Å². The number of methoxy groups -OCH3 is 1. The first-order valence-corrected chi connectivity index (χ1v) is 8.45. The SMILES string of the molecule is COC(=O)c1cccc([C@@H]2CC(=O)Nc3c2cnn3Cc2cccnc2)n1. The number of amides is 1. The lowest BCUT2D eigenvalue weighted by molar-refractivity contribution is -0.116. The second-order valence-electron chi connectivity index (χ2n) is 6.21. The fourth-order valence-electron chi connectivity index (χ4n) is 3.18. The minimum absolute atomic E-state index is 0.120. The summed E-state index contributed by atoms with van der Waals surface area (Å²) < 4.78 is 6.47.